The standard InChI is InChI=1S/C12H22N2O3.ClH/c1-8(2)10(12(16)17-3)14-11(15)9-5-4-6-13-7-9;/h8-10,13H,4-7H2,1-3H3,(H,14,15);1H. The predicted molar refractivity (Wildman–Crippen MR) is 71.6 cm³/mol. The lowest BCUT2D eigenvalue weighted by Gasteiger charge is -2.26. The highest BCUT2D eigenvalue weighted by Gasteiger charge is 2.28. The third kappa shape index (κ3) is 4.82. The maximum absolute atomic E-state index is 12.0. The van der Waals surface area contributed by atoms with E-state index in [-0.39, 0.29) is 36.1 Å². The molecule has 0 aromatic heterocycles. The van der Waals surface area contributed by atoms with Crippen LogP contribution in [0, 0.1) is 11.8 Å². The number of carbonyl (C=O) groups excluding carboxylic acids is 2. The van der Waals surface area contributed by atoms with Crippen LogP contribution in [0.5, 0.6) is 0 Å². The second-order valence-corrected chi connectivity index (χ2v) is 4.80. The average Bonchev–Trinajstić information content (AvgIpc) is 2.35. The van der Waals surface area contributed by atoms with Crippen molar-refractivity contribution in [3.8, 4) is 0 Å². The molecule has 1 aliphatic heterocycles. The van der Waals surface area contributed by atoms with Crippen LogP contribution >= 0.6 is 12.4 Å². The number of hydrogen-bond acceptors (Lipinski definition) is 4. The Hall–Kier alpha value is -0.810. The fourth-order valence-corrected chi connectivity index (χ4v) is 1.97. The summed E-state index contributed by atoms with van der Waals surface area (Å²) in [6, 6.07) is -0.547. The molecule has 0 aromatic carbocycles. The summed E-state index contributed by atoms with van der Waals surface area (Å²) in [7, 11) is 1.34. The van der Waals surface area contributed by atoms with Gasteiger partial charge in [-0.05, 0) is 25.3 Å². The van der Waals surface area contributed by atoms with Gasteiger partial charge in [-0.1, -0.05) is 13.8 Å². The second-order valence-electron chi connectivity index (χ2n) is 4.80. The van der Waals surface area contributed by atoms with Crippen molar-refractivity contribution in [2.24, 2.45) is 11.8 Å². The lowest BCUT2D eigenvalue weighted by molar-refractivity contribution is -0.147. The first kappa shape index (κ1) is 17.2. The second kappa shape index (κ2) is 8.32. The van der Waals surface area contributed by atoms with Crippen molar-refractivity contribution in [3.05, 3.63) is 0 Å². The Morgan fingerprint density at radius 2 is 2.06 bits per heavy atom. The molecule has 6 heteroatoms. The smallest absolute Gasteiger partial charge is 0.328 e. The quantitative estimate of drug-likeness (QED) is 0.744. The number of esters is 1. The molecular formula is C12H23ClN2O3. The van der Waals surface area contributed by atoms with Gasteiger partial charge in [-0.15, -0.1) is 12.4 Å². The molecule has 5 nitrogen and oxygen atoms in total. The summed E-state index contributed by atoms with van der Waals surface area (Å²) in [5.74, 6) is -0.434. The summed E-state index contributed by atoms with van der Waals surface area (Å²) >= 11 is 0. The molecule has 0 radical (unpaired) electrons. The van der Waals surface area contributed by atoms with Crippen molar-refractivity contribution < 1.29 is 14.3 Å². The Bertz CT molecular complexity index is 278. The van der Waals surface area contributed by atoms with E-state index in [9.17, 15) is 9.59 Å². The van der Waals surface area contributed by atoms with Crippen molar-refractivity contribution in [2.75, 3.05) is 20.2 Å². The third-order valence-corrected chi connectivity index (χ3v) is 3.09. The Morgan fingerprint density at radius 3 is 2.50 bits per heavy atom. The highest BCUT2D eigenvalue weighted by atomic mass is 35.5. The van der Waals surface area contributed by atoms with Crippen molar-refractivity contribution in [1.29, 1.82) is 0 Å². The van der Waals surface area contributed by atoms with Gasteiger partial charge in [0.15, 0.2) is 0 Å². The van der Waals surface area contributed by atoms with Crippen molar-refractivity contribution in [1.82, 2.24) is 10.6 Å². The molecule has 2 unspecified atom stereocenters. The van der Waals surface area contributed by atoms with Crippen LogP contribution in [-0.2, 0) is 14.3 Å². The van der Waals surface area contributed by atoms with E-state index in [0.29, 0.717) is 6.54 Å². The zero-order valence-electron chi connectivity index (χ0n) is 11.2. The van der Waals surface area contributed by atoms with E-state index >= 15 is 0 Å². The Kier molecular flexibility index (Phi) is 7.95. The summed E-state index contributed by atoms with van der Waals surface area (Å²) in [5, 5.41) is 5.97. The van der Waals surface area contributed by atoms with Crippen LogP contribution in [-0.4, -0.2) is 38.1 Å². The number of carbonyl (C=O) groups is 2. The van der Waals surface area contributed by atoms with Crippen LogP contribution in [0.3, 0.4) is 0 Å². The molecule has 0 aliphatic carbocycles. The molecule has 106 valence electrons. The van der Waals surface area contributed by atoms with Crippen LogP contribution in [0.1, 0.15) is 26.7 Å². The fraction of sp³-hybridized carbons (Fsp3) is 0.833. The number of hydrogen-bond donors (Lipinski definition) is 2. The molecule has 0 spiro atoms. The van der Waals surface area contributed by atoms with Crippen molar-refractivity contribution in [2.45, 2.75) is 32.7 Å². The number of nitrogens with one attached hydrogen (secondary N) is 2. The first-order valence-electron chi connectivity index (χ1n) is 6.15. The average molecular weight is 279 g/mol. The van der Waals surface area contributed by atoms with Gasteiger partial charge in [-0.2, -0.15) is 0 Å². The largest absolute Gasteiger partial charge is 0.467 e. The number of piperidine rings is 1. The van der Waals surface area contributed by atoms with Crippen LogP contribution in [0.15, 0.2) is 0 Å². The molecule has 1 saturated heterocycles. The molecule has 0 bridgehead atoms. The summed E-state index contributed by atoms with van der Waals surface area (Å²) < 4.78 is 4.69. The lowest BCUT2D eigenvalue weighted by atomic mass is 9.97. The third-order valence-electron chi connectivity index (χ3n) is 3.09. The SMILES string of the molecule is COC(=O)C(NC(=O)C1CCCNC1)C(C)C.Cl. The van der Waals surface area contributed by atoms with Crippen LogP contribution in [0.2, 0.25) is 0 Å². The maximum atomic E-state index is 12.0. The van der Waals surface area contributed by atoms with Crippen molar-refractivity contribution in [3.63, 3.8) is 0 Å². The van der Waals surface area contributed by atoms with E-state index in [2.05, 4.69) is 10.6 Å². The number of methoxy groups -OCH3 is 1. The lowest BCUT2D eigenvalue weighted by Crippen LogP contribution is -2.49. The van der Waals surface area contributed by atoms with Gasteiger partial charge in [0.05, 0.1) is 13.0 Å². The predicted octanol–water partition coefficient (Wildman–Crippen LogP) is 0.722. The molecule has 1 heterocycles. The molecule has 0 saturated carbocycles. The zero-order valence-corrected chi connectivity index (χ0v) is 12.0. The van der Waals surface area contributed by atoms with Crippen LogP contribution in [0.4, 0.5) is 0 Å². The van der Waals surface area contributed by atoms with Gasteiger partial charge in [-0.25, -0.2) is 4.79 Å². The van der Waals surface area contributed by atoms with E-state index in [0.717, 1.165) is 19.4 Å². The highest BCUT2D eigenvalue weighted by molar-refractivity contribution is 5.86. The summed E-state index contributed by atoms with van der Waals surface area (Å²) in [6.07, 6.45) is 1.88. The van der Waals surface area contributed by atoms with E-state index in [1.54, 1.807) is 0 Å². The van der Waals surface area contributed by atoms with Gasteiger partial charge in [-0.3, -0.25) is 4.79 Å². The monoisotopic (exact) mass is 278 g/mol. The molecule has 1 fully saturated rings. The van der Waals surface area contributed by atoms with Gasteiger partial charge in [0.2, 0.25) is 5.91 Å². The number of halogens is 1. The van der Waals surface area contributed by atoms with Gasteiger partial charge in [0.25, 0.3) is 0 Å². The van der Waals surface area contributed by atoms with E-state index < -0.39 is 6.04 Å². The molecule has 2 N–H and O–H groups in total. The molecule has 0 aromatic rings. The highest BCUT2D eigenvalue weighted by Crippen LogP contribution is 2.12. The Labute approximate surface area is 114 Å². The Morgan fingerprint density at radius 1 is 1.39 bits per heavy atom. The molecule has 1 amide bonds. The minimum Gasteiger partial charge on any atom is -0.467 e. The minimum absolute atomic E-state index is 0. The maximum Gasteiger partial charge on any atom is 0.328 e. The summed E-state index contributed by atoms with van der Waals surface area (Å²) in [4.78, 5) is 23.5. The van der Waals surface area contributed by atoms with Crippen molar-refractivity contribution >= 4 is 24.3 Å². The van der Waals surface area contributed by atoms with Gasteiger partial charge in [0.1, 0.15) is 6.04 Å². The minimum atomic E-state index is -0.547. The molecule has 1 aliphatic rings. The normalized spacial score (nSPS) is 20.8. The Balaban J connectivity index is 0.00000289. The molecular weight excluding hydrogens is 256 g/mol. The number of amides is 1. The first-order chi connectivity index (χ1) is 8.06. The van der Waals surface area contributed by atoms with Gasteiger partial charge >= 0.3 is 5.97 Å². The molecule has 2 atom stereocenters. The zero-order chi connectivity index (χ0) is 12.8. The topological polar surface area (TPSA) is 67.4 Å². The summed E-state index contributed by atoms with van der Waals surface area (Å²) in [6.45, 7) is 5.44. The van der Waals surface area contributed by atoms with Gasteiger partial charge < -0.3 is 15.4 Å². The van der Waals surface area contributed by atoms with Crippen LogP contribution < -0.4 is 10.6 Å². The van der Waals surface area contributed by atoms with E-state index in [1.807, 2.05) is 13.8 Å². The number of rotatable bonds is 4. The van der Waals surface area contributed by atoms with E-state index in [1.165, 1.54) is 7.11 Å². The van der Waals surface area contributed by atoms with Crippen LogP contribution in [0.25, 0.3) is 0 Å². The van der Waals surface area contributed by atoms with E-state index in [4.69, 9.17) is 4.74 Å². The first-order valence-corrected chi connectivity index (χ1v) is 6.15. The fourth-order valence-electron chi connectivity index (χ4n) is 1.97. The molecule has 18 heavy (non-hydrogen) atoms. The number of ether oxygens (including phenoxy) is 1. The van der Waals surface area contributed by atoms with Gasteiger partial charge in [0, 0.05) is 6.54 Å². The summed E-state index contributed by atoms with van der Waals surface area (Å²) in [5.41, 5.74) is 0. The molecule has 1 rings (SSSR count).